The number of halogens is 2. The average molecular weight is 341 g/mol. The summed E-state index contributed by atoms with van der Waals surface area (Å²) in [5, 5.41) is 4.15. The largest absolute Gasteiger partial charge is 0.497 e. The van der Waals surface area contributed by atoms with E-state index in [4.69, 9.17) is 16.3 Å². The van der Waals surface area contributed by atoms with Crippen molar-refractivity contribution in [2.24, 2.45) is 0 Å². The van der Waals surface area contributed by atoms with E-state index in [1.807, 2.05) is 37.3 Å². The Hall–Kier alpha value is -1.19. The number of rotatable bonds is 4. The molecule has 0 amide bonds. The van der Waals surface area contributed by atoms with Crippen molar-refractivity contribution in [1.29, 1.82) is 0 Å². The second kappa shape index (κ2) is 6.31. The topological polar surface area (TPSA) is 21.3 Å². The molecular formula is C15H15BrClNO. The molecule has 1 N–H and O–H groups in total. The first kappa shape index (κ1) is 14.2. The Balaban J connectivity index is 2.09. The summed E-state index contributed by atoms with van der Waals surface area (Å²) >= 11 is 9.57. The van der Waals surface area contributed by atoms with Gasteiger partial charge in [-0.15, -0.1) is 0 Å². The first-order valence-corrected chi connectivity index (χ1v) is 7.09. The fraction of sp³-hybridized carbons (Fsp3) is 0.200. The van der Waals surface area contributed by atoms with Gasteiger partial charge in [-0.1, -0.05) is 39.7 Å². The second-order valence-electron chi connectivity index (χ2n) is 4.32. The molecule has 0 saturated carbocycles. The van der Waals surface area contributed by atoms with Crippen molar-refractivity contribution in [1.82, 2.24) is 0 Å². The van der Waals surface area contributed by atoms with Crippen LogP contribution < -0.4 is 10.1 Å². The predicted octanol–water partition coefficient (Wildman–Crippen LogP) is 5.03. The molecule has 0 unspecified atom stereocenters. The highest BCUT2D eigenvalue weighted by Gasteiger charge is 2.01. The summed E-state index contributed by atoms with van der Waals surface area (Å²) in [7, 11) is 1.66. The van der Waals surface area contributed by atoms with E-state index < -0.39 is 0 Å². The van der Waals surface area contributed by atoms with Gasteiger partial charge in [-0.2, -0.15) is 0 Å². The Kier molecular flexibility index (Phi) is 4.72. The van der Waals surface area contributed by atoms with Crippen LogP contribution in [0.1, 0.15) is 11.1 Å². The number of ether oxygens (including phenoxy) is 1. The van der Waals surface area contributed by atoms with Crippen molar-refractivity contribution < 1.29 is 4.74 Å². The van der Waals surface area contributed by atoms with E-state index >= 15 is 0 Å². The van der Waals surface area contributed by atoms with Crippen molar-refractivity contribution in [2.75, 3.05) is 12.4 Å². The van der Waals surface area contributed by atoms with Crippen LogP contribution in [0.5, 0.6) is 5.75 Å². The fourth-order valence-electron chi connectivity index (χ4n) is 1.73. The zero-order valence-corrected chi connectivity index (χ0v) is 13.2. The van der Waals surface area contributed by atoms with Gasteiger partial charge in [-0.3, -0.25) is 0 Å². The summed E-state index contributed by atoms with van der Waals surface area (Å²) in [6, 6.07) is 12.0. The van der Waals surface area contributed by atoms with E-state index in [0.717, 1.165) is 38.6 Å². The molecule has 0 fully saturated rings. The predicted molar refractivity (Wildman–Crippen MR) is 84.2 cm³/mol. The zero-order chi connectivity index (χ0) is 13.8. The summed E-state index contributed by atoms with van der Waals surface area (Å²) in [4.78, 5) is 0. The van der Waals surface area contributed by atoms with Gasteiger partial charge in [0.2, 0.25) is 0 Å². The van der Waals surface area contributed by atoms with Gasteiger partial charge in [0, 0.05) is 27.8 Å². The third-order valence-electron chi connectivity index (χ3n) is 2.84. The summed E-state index contributed by atoms with van der Waals surface area (Å²) in [5.74, 6) is 0.818. The Bertz CT molecular complexity index is 586. The van der Waals surface area contributed by atoms with Gasteiger partial charge in [-0.25, -0.2) is 0 Å². The summed E-state index contributed by atoms with van der Waals surface area (Å²) < 4.78 is 6.21. The van der Waals surface area contributed by atoms with Gasteiger partial charge in [0.25, 0.3) is 0 Å². The third kappa shape index (κ3) is 3.88. The van der Waals surface area contributed by atoms with Crippen LogP contribution in [0.2, 0.25) is 5.02 Å². The Morgan fingerprint density at radius 3 is 2.68 bits per heavy atom. The minimum absolute atomic E-state index is 0.722. The minimum atomic E-state index is 0.722. The summed E-state index contributed by atoms with van der Waals surface area (Å²) in [6.45, 7) is 2.72. The lowest BCUT2D eigenvalue weighted by molar-refractivity contribution is 0.414. The maximum Gasteiger partial charge on any atom is 0.122 e. The van der Waals surface area contributed by atoms with Crippen molar-refractivity contribution in [3.05, 3.63) is 57.0 Å². The lowest BCUT2D eigenvalue weighted by atomic mass is 10.1. The molecule has 0 aliphatic rings. The second-order valence-corrected chi connectivity index (χ2v) is 5.64. The van der Waals surface area contributed by atoms with Crippen LogP contribution in [-0.2, 0) is 6.54 Å². The normalized spacial score (nSPS) is 10.3. The molecule has 19 heavy (non-hydrogen) atoms. The van der Waals surface area contributed by atoms with Gasteiger partial charge >= 0.3 is 0 Å². The Morgan fingerprint density at radius 1 is 1.21 bits per heavy atom. The van der Waals surface area contributed by atoms with Gasteiger partial charge in [-0.05, 0) is 36.2 Å². The molecule has 4 heteroatoms. The number of methoxy groups -OCH3 is 1. The van der Waals surface area contributed by atoms with Crippen LogP contribution in [0.4, 0.5) is 5.69 Å². The molecule has 2 aromatic rings. The molecular weight excluding hydrogens is 326 g/mol. The molecule has 0 aromatic heterocycles. The minimum Gasteiger partial charge on any atom is -0.497 e. The number of nitrogens with one attached hydrogen (secondary N) is 1. The molecule has 2 rings (SSSR count). The summed E-state index contributed by atoms with van der Waals surface area (Å²) in [5.41, 5.74) is 3.24. The van der Waals surface area contributed by atoms with Crippen LogP contribution in [0, 0.1) is 6.92 Å². The van der Waals surface area contributed by atoms with E-state index in [-0.39, 0.29) is 0 Å². The van der Waals surface area contributed by atoms with Crippen LogP contribution in [-0.4, -0.2) is 7.11 Å². The molecule has 0 spiro atoms. The third-order valence-corrected chi connectivity index (χ3v) is 3.70. The molecule has 100 valence electrons. The van der Waals surface area contributed by atoms with Crippen molar-refractivity contribution in [3.8, 4) is 5.75 Å². The standard InChI is InChI=1S/C15H15BrClNO/c1-10-3-4-11(5-15(10)17)9-18-13-6-12(16)7-14(8-13)19-2/h3-8,18H,9H2,1-2H3. The van der Waals surface area contributed by atoms with Crippen LogP contribution in [0.3, 0.4) is 0 Å². The van der Waals surface area contributed by atoms with E-state index in [1.54, 1.807) is 7.11 Å². The lowest BCUT2D eigenvalue weighted by Crippen LogP contribution is -2.00. The smallest absolute Gasteiger partial charge is 0.122 e. The maximum absolute atomic E-state index is 6.11. The van der Waals surface area contributed by atoms with Crippen molar-refractivity contribution in [2.45, 2.75) is 13.5 Å². The number of hydrogen-bond donors (Lipinski definition) is 1. The molecule has 0 bridgehead atoms. The van der Waals surface area contributed by atoms with E-state index in [9.17, 15) is 0 Å². The molecule has 0 aliphatic carbocycles. The summed E-state index contributed by atoms with van der Waals surface area (Å²) in [6.07, 6.45) is 0. The monoisotopic (exact) mass is 339 g/mol. The average Bonchev–Trinajstić information content (AvgIpc) is 2.39. The first-order chi connectivity index (χ1) is 9.08. The highest BCUT2D eigenvalue weighted by Crippen LogP contribution is 2.25. The van der Waals surface area contributed by atoms with E-state index in [2.05, 4.69) is 27.3 Å². The molecule has 0 atom stereocenters. The molecule has 0 saturated heterocycles. The first-order valence-electron chi connectivity index (χ1n) is 5.92. The van der Waals surface area contributed by atoms with Crippen LogP contribution in [0.15, 0.2) is 40.9 Å². The van der Waals surface area contributed by atoms with E-state index in [1.165, 1.54) is 0 Å². The van der Waals surface area contributed by atoms with Crippen molar-refractivity contribution >= 4 is 33.2 Å². The molecule has 2 aromatic carbocycles. The van der Waals surface area contributed by atoms with Gasteiger partial charge < -0.3 is 10.1 Å². The van der Waals surface area contributed by atoms with E-state index in [0.29, 0.717) is 0 Å². The Labute approximate surface area is 126 Å². The Morgan fingerprint density at radius 2 is 2.00 bits per heavy atom. The molecule has 0 radical (unpaired) electrons. The van der Waals surface area contributed by atoms with Crippen molar-refractivity contribution in [3.63, 3.8) is 0 Å². The maximum atomic E-state index is 6.11. The SMILES string of the molecule is COc1cc(Br)cc(NCc2ccc(C)c(Cl)c2)c1. The lowest BCUT2D eigenvalue weighted by Gasteiger charge is -2.10. The number of aryl methyl sites for hydroxylation is 1. The fourth-order valence-corrected chi connectivity index (χ4v) is 2.41. The number of anilines is 1. The van der Waals surface area contributed by atoms with Gasteiger partial charge in [0.1, 0.15) is 5.75 Å². The molecule has 2 nitrogen and oxygen atoms in total. The highest BCUT2D eigenvalue weighted by molar-refractivity contribution is 9.10. The highest BCUT2D eigenvalue weighted by atomic mass is 79.9. The van der Waals surface area contributed by atoms with Gasteiger partial charge in [0.05, 0.1) is 7.11 Å². The van der Waals surface area contributed by atoms with Crippen LogP contribution in [0.25, 0.3) is 0 Å². The molecule has 0 aliphatic heterocycles. The number of benzene rings is 2. The van der Waals surface area contributed by atoms with Gasteiger partial charge in [0.15, 0.2) is 0 Å². The van der Waals surface area contributed by atoms with Crippen LogP contribution >= 0.6 is 27.5 Å². The number of hydrogen-bond acceptors (Lipinski definition) is 2. The zero-order valence-electron chi connectivity index (χ0n) is 10.8. The molecule has 0 heterocycles. The quantitative estimate of drug-likeness (QED) is 0.842.